The third kappa shape index (κ3) is 2.93. The van der Waals surface area contributed by atoms with E-state index in [2.05, 4.69) is 16.8 Å². The van der Waals surface area contributed by atoms with Crippen LogP contribution in [-0.4, -0.2) is 28.9 Å². The minimum absolute atomic E-state index is 0.203. The Morgan fingerprint density at radius 2 is 2.47 bits per heavy atom. The van der Waals surface area contributed by atoms with Gasteiger partial charge in [-0.3, -0.25) is 9.69 Å². The van der Waals surface area contributed by atoms with E-state index in [1.165, 1.54) is 0 Å². The number of rotatable bonds is 5. The van der Waals surface area contributed by atoms with Crippen molar-refractivity contribution >= 4 is 28.8 Å². The Labute approximate surface area is 122 Å². The maximum Gasteiger partial charge on any atom is 0.224 e. The van der Waals surface area contributed by atoms with Crippen LogP contribution in [0.1, 0.15) is 43.4 Å². The largest absolute Gasteiger partial charge is 0.369 e. The van der Waals surface area contributed by atoms with Crippen molar-refractivity contribution in [3.8, 4) is 0 Å². The van der Waals surface area contributed by atoms with Crippen molar-refractivity contribution in [1.29, 1.82) is 0 Å². The van der Waals surface area contributed by atoms with Crippen LogP contribution in [0.3, 0.4) is 0 Å². The van der Waals surface area contributed by atoms with E-state index < -0.39 is 5.41 Å². The summed E-state index contributed by atoms with van der Waals surface area (Å²) in [5.74, 6) is 0.247. The molecule has 1 aromatic rings. The van der Waals surface area contributed by atoms with Crippen molar-refractivity contribution in [3.05, 3.63) is 16.1 Å². The minimum atomic E-state index is -0.403. The molecule has 4 nitrogen and oxygen atoms in total. The summed E-state index contributed by atoms with van der Waals surface area (Å²) >= 11 is 7.45. The number of nitrogens with zero attached hydrogens (tertiary/aromatic N) is 2. The van der Waals surface area contributed by atoms with Gasteiger partial charge < -0.3 is 5.73 Å². The summed E-state index contributed by atoms with van der Waals surface area (Å²) in [4.78, 5) is 18.4. The maximum absolute atomic E-state index is 11.5. The lowest BCUT2D eigenvalue weighted by Crippen LogP contribution is -2.37. The van der Waals surface area contributed by atoms with Gasteiger partial charge >= 0.3 is 0 Å². The molecule has 0 radical (unpaired) electrons. The van der Waals surface area contributed by atoms with E-state index in [1.54, 1.807) is 11.3 Å². The first-order valence-corrected chi connectivity index (χ1v) is 7.96. The van der Waals surface area contributed by atoms with Crippen LogP contribution in [0.4, 0.5) is 0 Å². The maximum atomic E-state index is 11.5. The topological polar surface area (TPSA) is 59.2 Å². The second-order valence-electron chi connectivity index (χ2n) is 5.38. The van der Waals surface area contributed by atoms with Crippen LogP contribution in [0.15, 0.2) is 5.38 Å². The molecule has 0 aromatic carbocycles. The molecule has 1 aliphatic heterocycles. The number of hydrogen-bond donors (Lipinski definition) is 1. The average Bonchev–Trinajstić information content (AvgIpc) is 2.99. The number of carbonyl (C=O) groups excluding carboxylic acids is 1. The average molecular weight is 302 g/mol. The van der Waals surface area contributed by atoms with Gasteiger partial charge in [0.15, 0.2) is 0 Å². The molecule has 1 fully saturated rings. The second-order valence-corrected chi connectivity index (χ2v) is 6.54. The van der Waals surface area contributed by atoms with E-state index >= 15 is 0 Å². The van der Waals surface area contributed by atoms with Crippen molar-refractivity contribution < 1.29 is 4.79 Å². The Morgan fingerprint density at radius 3 is 2.95 bits per heavy atom. The normalized spacial score (nSPS) is 25.6. The molecule has 6 heteroatoms. The molecule has 2 rings (SSSR count). The van der Waals surface area contributed by atoms with Crippen LogP contribution < -0.4 is 5.73 Å². The first-order valence-electron chi connectivity index (χ1n) is 6.54. The first-order chi connectivity index (χ1) is 9.00. The number of aromatic nitrogens is 1. The van der Waals surface area contributed by atoms with Gasteiger partial charge in [0.25, 0.3) is 0 Å². The van der Waals surface area contributed by atoms with Gasteiger partial charge in [0.2, 0.25) is 5.91 Å². The molecule has 1 aromatic heterocycles. The standard InChI is InChI=1S/C13H20ClN3OS/c1-3-10(11-16-9(6-14)7-19-11)17-5-4-13(2,8-17)12(15)18/h7,10H,3-6,8H2,1-2H3,(H2,15,18). The number of hydrogen-bond acceptors (Lipinski definition) is 4. The Balaban J connectivity index is 2.13. The Hall–Kier alpha value is -0.650. The highest BCUT2D eigenvalue weighted by Crippen LogP contribution is 2.37. The zero-order valence-electron chi connectivity index (χ0n) is 11.4. The fourth-order valence-electron chi connectivity index (χ4n) is 2.59. The fourth-order valence-corrected chi connectivity index (χ4v) is 3.85. The molecule has 0 saturated carbocycles. The molecule has 1 amide bonds. The van der Waals surface area contributed by atoms with Gasteiger partial charge in [-0.15, -0.1) is 22.9 Å². The minimum Gasteiger partial charge on any atom is -0.369 e. The molecule has 0 aliphatic carbocycles. The van der Waals surface area contributed by atoms with Crippen LogP contribution in [0, 0.1) is 5.41 Å². The molecule has 0 spiro atoms. The van der Waals surface area contributed by atoms with Gasteiger partial charge in [-0.25, -0.2) is 4.98 Å². The molecular formula is C13H20ClN3OS. The molecule has 19 heavy (non-hydrogen) atoms. The van der Waals surface area contributed by atoms with Crippen molar-refractivity contribution in [3.63, 3.8) is 0 Å². The van der Waals surface area contributed by atoms with Crippen molar-refractivity contribution in [2.75, 3.05) is 13.1 Å². The third-order valence-corrected chi connectivity index (χ3v) is 5.19. The molecule has 2 heterocycles. The fraction of sp³-hybridized carbons (Fsp3) is 0.692. The van der Waals surface area contributed by atoms with E-state index in [4.69, 9.17) is 17.3 Å². The van der Waals surface area contributed by atoms with Gasteiger partial charge in [0.05, 0.1) is 23.0 Å². The number of carbonyl (C=O) groups is 1. The van der Waals surface area contributed by atoms with Crippen LogP contribution in [0.25, 0.3) is 0 Å². The molecule has 1 aliphatic rings. The summed E-state index contributed by atoms with van der Waals surface area (Å²) in [5, 5.41) is 3.10. The van der Waals surface area contributed by atoms with Gasteiger partial charge in [0, 0.05) is 11.9 Å². The third-order valence-electron chi connectivity index (χ3n) is 3.92. The number of alkyl halides is 1. The Kier molecular flexibility index (Phi) is 4.48. The highest BCUT2D eigenvalue weighted by molar-refractivity contribution is 7.09. The zero-order valence-corrected chi connectivity index (χ0v) is 12.9. The molecular weight excluding hydrogens is 282 g/mol. The molecule has 2 N–H and O–H groups in total. The number of primary amides is 1. The van der Waals surface area contributed by atoms with Crippen molar-refractivity contribution in [1.82, 2.24) is 9.88 Å². The number of nitrogens with two attached hydrogens (primary N) is 1. The monoisotopic (exact) mass is 301 g/mol. The molecule has 0 bridgehead atoms. The molecule has 2 unspecified atom stereocenters. The summed E-state index contributed by atoms with van der Waals surface area (Å²) in [6.45, 7) is 5.71. The van der Waals surface area contributed by atoms with Crippen LogP contribution in [-0.2, 0) is 10.7 Å². The predicted octanol–water partition coefficient (Wildman–Crippen LogP) is 2.53. The Morgan fingerprint density at radius 1 is 1.74 bits per heavy atom. The Bertz CT molecular complexity index is 464. The SMILES string of the molecule is CCC(c1nc(CCl)cs1)N1CCC(C)(C(N)=O)C1. The van der Waals surface area contributed by atoms with Gasteiger partial charge in [0.1, 0.15) is 5.01 Å². The number of amides is 1. The number of halogens is 1. The molecule has 106 valence electrons. The predicted molar refractivity (Wildman–Crippen MR) is 78.2 cm³/mol. The van der Waals surface area contributed by atoms with Gasteiger partial charge in [-0.05, 0) is 26.3 Å². The number of likely N-dealkylation sites (tertiary alicyclic amines) is 1. The van der Waals surface area contributed by atoms with Crippen molar-refractivity contribution in [2.45, 2.75) is 38.6 Å². The highest BCUT2D eigenvalue weighted by Gasteiger charge is 2.41. The lowest BCUT2D eigenvalue weighted by atomic mass is 9.89. The summed E-state index contributed by atoms with van der Waals surface area (Å²) in [6.07, 6.45) is 1.80. The van der Waals surface area contributed by atoms with E-state index in [9.17, 15) is 4.79 Å². The van der Waals surface area contributed by atoms with Gasteiger partial charge in [-0.2, -0.15) is 0 Å². The van der Waals surface area contributed by atoms with Gasteiger partial charge in [-0.1, -0.05) is 6.92 Å². The van der Waals surface area contributed by atoms with Crippen LogP contribution in [0.2, 0.25) is 0 Å². The summed E-state index contributed by atoms with van der Waals surface area (Å²) in [7, 11) is 0. The summed E-state index contributed by atoms with van der Waals surface area (Å²) in [5.41, 5.74) is 6.03. The first kappa shape index (κ1) is 14.8. The van der Waals surface area contributed by atoms with E-state index in [0.717, 1.165) is 36.6 Å². The zero-order chi connectivity index (χ0) is 14.0. The summed E-state index contributed by atoms with van der Waals surface area (Å²) in [6, 6.07) is 0.267. The van der Waals surface area contributed by atoms with Crippen LogP contribution in [0.5, 0.6) is 0 Å². The van der Waals surface area contributed by atoms with Crippen LogP contribution >= 0.6 is 22.9 Å². The molecule has 1 saturated heterocycles. The quantitative estimate of drug-likeness (QED) is 0.850. The van der Waals surface area contributed by atoms with E-state index in [1.807, 2.05) is 12.3 Å². The lowest BCUT2D eigenvalue weighted by molar-refractivity contribution is -0.126. The highest BCUT2D eigenvalue weighted by atomic mass is 35.5. The smallest absolute Gasteiger partial charge is 0.224 e. The van der Waals surface area contributed by atoms with E-state index in [-0.39, 0.29) is 11.9 Å². The number of thiazole rings is 1. The van der Waals surface area contributed by atoms with Crippen molar-refractivity contribution in [2.24, 2.45) is 11.1 Å². The molecule has 2 atom stereocenters. The lowest BCUT2D eigenvalue weighted by Gasteiger charge is -2.27. The second kappa shape index (κ2) is 5.77. The summed E-state index contributed by atoms with van der Waals surface area (Å²) < 4.78 is 0. The van der Waals surface area contributed by atoms with E-state index in [0.29, 0.717) is 5.88 Å².